The van der Waals surface area contributed by atoms with Gasteiger partial charge in [-0.3, -0.25) is 0 Å². The second kappa shape index (κ2) is 3.95. The molecule has 2 fully saturated rings. The Bertz CT molecular complexity index is 145. The van der Waals surface area contributed by atoms with Crippen LogP contribution in [0.2, 0.25) is 0 Å². The Morgan fingerprint density at radius 3 is 2.33 bits per heavy atom. The van der Waals surface area contributed by atoms with Gasteiger partial charge in [0.2, 0.25) is 0 Å². The van der Waals surface area contributed by atoms with Crippen molar-refractivity contribution in [3.05, 3.63) is 0 Å². The smallest absolute Gasteiger partial charge is 0.0733 e. The molecule has 0 bridgehead atoms. The lowest BCUT2D eigenvalue weighted by Gasteiger charge is -2.36. The Kier molecular flexibility index (Phi) is 3.38. The van der Waals surface area contributed by atoms with Crippen LogP contribution in [0.15, 0.2) is 0 Å². The maximum Gasteiger partial charge on any atom is 0.0733 e. The molecule has 2 aliphatic rings. The third kappa shape index (κ3) is 1.61. The van der Waals surface area contributed by atoms with Crippen LogP contribution in [0.5, 0.6) is 0 Å². The van der Waals surface area contributed by atoms with Crippen molar-refractivity contribution in [2.45, 2.75) is 50.2 Å². The number of nitrogens with one attached hydrogen (secondary N) is 1. The van der Waals surface area contributed by atoms with Gasteiger partial charge in [-0.2, -0.15) is 0 Å². The molecule has 12 heavy (non-hydrogen) atoms. The zero-order chi connectivity index (χ0) is 7.73. The lowest BCUT2D eigenvalue weighted by molar-refractivity contribution is 0.0707. The lowest BCUT2D eigenvalue weighted by Crippen LogP contribution is -2.49. The Morgan fingerprint density at radius 1 is 1.17 bits per heavy atom. The summed E-state index contributed by atoms with van der Waals surface area (Å²) in [4.78, 5) is 0. The molecule has 1 spiro atoms. The summed E-state index contributed by atoms with van der Waals surface area (Å²) >= 11 is 0. The van der Waals surface area contributed by atoms with Gasteiger partial charge in [-0.15, -0.1) is 12.4 Å². The van der Waals surface area contributed by atoms with Crippen LogP contribution < -0.4 is 5.32 Å². The van der Waals surface area contributed by atoms with Crippen LogP contribution >= 0.6 is 12.4 Å². The number of halogens is 1. The highest BCUT2D eigenvalue weighted by molar-refractivity contribution is 5.85. The summed E-state index contributed by atoms with van der Waals surface area (Å²) in [7, 11) is 0. The predicted molar refractivity (Wildman–Crippen MR) is 51.7 cm³/mol. The summed E-state index contributed by atoms with van der Waals surface area (Å²) in [6, 6.07) is 0. The monoisotopic (exact) mass is 191 g/mol. The molecule has 2 rings (SSSR count). The van der Waals surface area contributed by atoms with Gasteiger partial charge in [0.1, 0.15) is 0 Å². The van der Waals surface area contributed by atoms with Gasteiger partial charge in [0, 0.05) is 5.54 Å². The molecule has 1 saturated carbocycles. The average molecular weight is 192 g/mol. The fraction of sp³-hybridized carbons (Fsp3) is 1.00. The molecular formula is C9H18ClNO. The van der Waals surface area contributed by atoms with E-state index in [-0.39, 0.29) is 24.0 Å². The summed E-state index contributed by atoms with van der Waals surface area (Å²) in [5.41, 5.74) is 0.137. The van der Waals surface area contributed by atoms with E-state index in [0.717, 1.165) is 13.0 Å². The quantitative estimate of drug-likeness (QED) is 0.608. The first-order valence-corrected chi connectivity index (χ1v) is 4.77. The van der Waals surface area contributed by atoms with E-state index >= 15 is 0 Å². The zero-order valence-corrected chi connectivity index (χ0v) is 8.20. The van der Waals surface area contributed by atoms with Crippen molar-refractivity contribution in [3.63, 3.8) is 0 Å². The maximum absolute atomic E-state index is 9.74. The molecule has 1 unspecified atom stereocenters. The largest absolute Gasteiger partial charge is 0.391 e. The molecule has 3 heteroatoms. The topological polar surface area (TPSA) is 32.3 Å². The van der Waals surface area contributed by atoms with Gasteiger partial charge in [-0.25, -0.2) is 0 Å². The van der Waals surface area contributed by atoms with Crippen LogP contribution in [0.3, 0.4) is 0 Å². The summed E-state index contributed by atoms with van der Waals surface area (Å²) in [5, 5.41) is 13.2. The molecule has 0 radical (unpaired) electrons. The molecule has 2 N–H and O–H groups in total. The average Bonchev–Trinajstić information content (AvgIpc) is 2.36. The molecule has 1 heterocycles. The number of hydrogen-bond acceptors (Lipinski definition) is 2. The first-order valence-electron chi connectivity index (χ1n) is 4.77. The Balaban J connectivity index is 0.000000720. The second-order valence-electron chi connectivity index (χ2n) is 3.95. The van der Waals surface area contributed by atoms with Crippen molar-refractivity contribution in [2.75, 3.05) is 6.54 Å². The Labute approximate surface area is 80.1 Å². The number of rotatable bonds is 0. The highest BCUT2D eigenvalue weighted by Crippen LogP contribution is 2.34. The molecule has 1 saturated heterocycles. The van der Waals surface area contributed by atoms with E-state index in [1.807, 2.05) is 0 Å². The third-order valence-corrected chi connectivity index (χ3v) is 3.28. The van der Waals surface area contributed by atoms with Gasteiger partial charge in [-0.05, 0) is 25.8 Å². The summed E-state index contributed by atoms with van der Waals surface area (Å²) in [6.45, 7) is 1.02. The van der Waals surface area contributed by atoms with Crippen molar-refractivity contribution in [3.8, 4) is 0 Å². The van der Waals surface area contributed by atoms with Gasteiger partial charge in [0.15, 0.2) is 0 Å². The van der Waals surface area contributed by atoms with Crippen LogP contribution in [-0.4, -0.2) is 23.3 Å². The van der Waals surface area contributed by atoms with E-state index in [1.165, 1.54) is 32.1 Å². The molecule has 72 valence electrons. The van der Waals surface area contributed by atoms with Crippen molar-refractivity contribution in [1.29, 1.82) is 0 Å². The molecule has 0 aromatic carbocycles. The highest BCUT2D eigenvalue weighted by Gasteiger charge is 2.41. The van der Waals surface area contributed by atoms with Gasteiger partial charge in [0.05, 0.1) is 6.10 Å². The van der Waals surface area contributed by atoms with E-state index in [1.54, 1.807) is 0 Å². The standard InChI is InChI=1S/C9H17NO.ClH/c11-8-4-7-10-9(8)5-2-1-3-6-9;/h8,10-11H,1-7H2;1H. The van der Waals surface area contributed by atoms with Gasteiger partial charge >= 0.3 is 0 Å². The van der Waals surface area contributed by atoms with Crippen LogP contribution in [0.25, 0.3) is 0 Å². The number of hydrogen-bond donors (Lipinski definition) is 2. The summed E-state index contributed by atoms with van der Waals surface area (Å²) < 4.78 is 0. The summed E-state index contributed by atoms with van der Waals surface area (Å²) in [5.74, 6) is 0. The molecule has 0 amide bonds. The molecule has 1 aliphatic carbocycles. The zero-order valence-electron chi connectivity index (χ0n) is 7.38. The summed E-state index contributed by atoms with van der Waals surface area (Å²) in [6.07, 6.45) is 7.22. The molecule has 0 aromatic heterocycles. The fourth-order valence-corrected chi connectivity index (χ4v) is 2.54. The van der Waals surface area contributed by atoms with Crippen LogP contribution in [0.1, 0.15) is 38.5 Å². The molecule has 1 atom stereocenters. The van der Waals surface area contributed by atoms with Gasteiger partial charge < -0.3 is 10.4 Å². The molecule has 2 nitrogen and oxygen atoms in total. The second-order valence-corrected chi connectivity index (χ2v) is 3.95. The van der Waals surface area contributed by atoms with Crippen molar-refractivity contribution >= 4 is 12.4 Å². The lowest BCUT2D eigenvalue weighted by atomic mass is 9.79. The first-order chi connectivity index (χ1) is 5.33. The minimum atomic E-state index is -0.0669. The highest BCUT2D eigenvalue weighted by atomic mass is 35.5. The fourth-order valence-electron chi connectivity index (χ4n) is 2.54. The van der Waals surface area contributed by atoms with E-state index in [9.17, 15) is 5.11 Å². The minimum Gasteiger partial charge on any atom is -0.391 e. The minimum absolute atomic E-state index is 0. The normalized spacial score (nSPS) is 33.2. The van der Waals surface area contributed by atoms with Crippen molar-refractivity contribution in [1.82, 2.24) is 5.32 Å². The van der Waals surface area contributed by atoms with E-state index < -0.39 is 0 Å². The van der Waals surface area contributed by atoms with Crippen LogP contribution in [-0.2, 0) is 0 Å². The van der Waals surface area contributed by atoms with Crippen LogP contribution in [0.4, 0.5) is 0 Å². The maximum atomic E-state index is 9.74. The van der Waals surface area contributed by atoms with Gasteiger partial charge in [0.25, 0.3) is 0 Å². The predicted octanol–water partition coefficient (Wildman–Crippen LogP) is 1.47. The van der Waals surface area contributed by atoms with Crippen molar-refractivity contribution in [2.24, 2.45) is 0 Å². The van der Waals surface area contributed by atoms with Crippen LogP contribution in [0, 0.1) is 0 Å². The third-order valence-electron chi connectivity index (χ3n) is 3.28. The molecular weight excluding hydrogens is 174 g/mol. The van der Waals surface area contributed by atoms with E-state index in [4.69, 9.17) is 0 Å². The van der Waals surface area contributed by atoms with E-state index in [2.05, 4.69) is 5.32 Å². The first kappa shape index (κ1) is 10.3. The van der Waals surface area contributed by atoms with Crippen molar-refractivity contribution < 1.29 is 5.11 Å². The SMILES string of the molecule is Cl.OC1CCNC12CCCCC2. The Morgan fingerprint density at radius 2 is 1.83 bits per heavy atom. The Hall–Kier alpha value is 0.210. The molecule has 0 aromatic rings. The van der Waals surface area contributed by atoms with E-state index in [0.29, 0.717) is 0 Å². The number of aliphatic hydroxyl groups excluding tert-OH is 1. The van der Waals surface area contributed by atoms with Gasteiger partial charge in [-0.1, -0.05) is 19.3 Å². The molecule has 1 aliphatic heterocycles. The number of aliphatic hydroxyl groups is 1.